The zero-order valence-electron chi connectivity index (χ0n) is 8.71. The van der Waals surface area contributed by atoms with E-state index in [1.165, 1.54) is 7.11 Å². The Morgan fingerprint density at radius 1 is 1.41 bits per heavy atom. The Bertz CT molecular complexity index is 666. The van der Waals surface area contributed by atoms with Crippen molar-refractivity contribution in [3.8, 4) is 0 Å². The third kappa shape index (κ3) is 2.01. The van der Waals surface area contributed by atoms with Crippen molar-refractivity contribution in [2.45, 2.75) is 0 Å². The third-order valence-electron chi connectivity index (χ3n) is 2.26. The number of ether oxygens (including phenoxy) is 1. The number of halogens is 2. The van der Waals surface area contributed by atoms with Crippen molar-refractivity contribution in [2.75, 3.05) is 7.11 Å². The topological polar surface area (TPSA) is 59.2 Å². The minimum atomic E-state index is -0.690. The number of nitrogens with one attached hydrogen (secondary N) is 1. The SMILES string of the molecule is COC(=O)c1cc(=O)c2cc(F)cc(Cl)c2[nH]1. The maximum absolute atomic E-state index is 13.1. The molecule has 0 saturated heterocycles. The molecular weight excluding hydrogens is 249 g/mol. The van der Waals surface area contributed by atoms with Crippen molar-refractivity contribution in [1.29, 1.82) is 0 Å². The van der Waals surface area contributed by atoms with Gasteiger partial charge in [0.2, 0.25) is 0 Å². The summed E-state index contributed by atoms with van der Waals surface area (Å²) < 4.78 is 17.6. The Morgan fingerprint density at radius 2 is 2.12 bits per heavy atom. The number of aromatic nitrogens is 1. The number of fused-ring (bicyclic) bond motifs is 1. The molecule has 6 heteroatoms. The molecule has 0 amide bonds. The van der Waals surface area contributed by atoms with Gasteiger partial charge in [-0.15, -0.1) is 0 Å². The fraction of sp³-hybridized carbons (Fsp3) is 0.0909. The molecule has 88 valence electrons. The molecule has 1 N–H and O–H groups in total. The number of carbonyl (C=O) groups is 1. The van der Waals surface area contributed by atoms with Crippen LogP contribution in [-0.4, -0.2) is 18.1 Å². The lowest BCUT2D eigenvalue weighted by atomic mass is 10.2. The van der Waals surface area contributed by atoms with E-state index in [1.807, 2.05) is 0 Å². The van der Waals surface area contributed by atoms with E-state index >= 15 is 0 Å². The molecular formula is C11H7ClFNO3. The van der Waals surface area contributed by atoms with Crippen LogP contribution in [0.1, 0.15) is 10.5 Å². The highest BCUT2D eigenvalue weighted by Gasteiger charge is 2.12. The molecule has 1 heterocycles. The molecule has 1 aromatic heterocycles. The summed E-state index contributed by atoms with van der Waals surface area (Å²) in [7, 11) is 1.19. The average Bonchev–Trinajstić information content (AvgIpc) is 2.29. The van der Waals surface area contributed by atoms with E-state index in [0.717, 1.165) is 18.2 Å². The van der Waals surface area contributed by atoms with Crippen LogP contribution in [0.2, 0.25) is 5.02 Å². The molecule has 2 aromatic rings. The number of benzene rings is 1. The number of carbonyl (C=O) groups excluding carboxylic acids is 1. The van der Waals surface area contributed by atoms with E-state index in [1.54, 1.807) is 0 Å². The standard InChI is InChI=1S/C11H7ClFNO3/c1-17-11(16)8-4-9(15)6-2-5(13)3-7(12)10(6)14-8/h2-4H,1H3,(H,14,15). The maximum atomic E-state index is 13.1. The quantitative estimate of drug-likeness (QED) is 0.794. The fourth-order valence-corrected chi connectivity index (χ4v) is 1.75. The molecule has 2 rings (SSSR count). The largest absolute Gasteiger partial charge is 0.464 e. The molecule has 0 fully saturated rings. The van der Waals surface area contributed by atoms with Crippen molar-refractivity contribution >= 4 is 28.5 Å². The van der Waals surface area contributed by atoms with Gasteiger partial charge in [-0.2, -0.15) is 0 Å². The average molecular weight is 256 g/mol. The lowest BCUT2D eigenvalue weighted by Crippen LogP contribution is -2.11. The number of hydrogen-bond donors (Lipinski definition) is 1. The summed E-state index contributed by atoms with van der Waals surface area (Å²) in [6.45, 7) is 0. The summed E-state index contributed by atoms with van der Waals surface area (Å²) in [5, 5.41) is 0.116. The predicted octanol–water partition coefficient (Wildman–Crippen LogP) is 2.11. The molecule has 0 unspecified atom stereocenters. The minimum Gasteiger partial charge on any atom is -0.464 e. The van der Waals surface area contributed by atoms with Gasteiger partial charge in [-0.05, 0) is 12.1 Å². The van der Waals surface area contributed by atoms with E-state index in [0.29, 0.717) is 0 Å². The molecule has 0 atom stereocenters. The monoisotopic (exact) mass is 255 g/mol. The van der Waals surface area contributed by atoms with Gasteiger partial charge in [0.05, 0.1) is 17.6 Å². The van der Waals surface area contributed by atoms with Crippen molar-refractivity contribution in [3.05, 3.63) is 45.0 Å². The summed E-state index contributed by atoms with van der Waals surface area (Å²) in [4.78, 5) is 25.6. The van der Waals surface area contributed by atoms with E-state index < -0.39 is 17.2 Å². The van der Waals surface area contributed by atoms with Crippen LogP contribution in [0.25, 0.3) is 10.9 Å². The number of esters is 1. The van der Waals surface area contributed by atoms with Crippen LogP contribution >= 0.6 is 11.6 Å². The van der Waals surface area contributed by atoms with Gasteiger partial charge >= 0.3 is 5.97 Å². The van der Waals surface area contributed by atoms with Crippen molar-refractivity contribution < 1.29 is 13.9 Å². The predicted molar refractivity (Wildman–Crippen MR) is 60.9 cm³/mol. The molecule has 17 heavy (non-hydrogen) atoms. The second-order valence-electron chi connectivity index (χ2n) is 3.35. The van der Waals surface area contributed by atoms with Gasteiger partial charge in [0.15, 0.2) is 5.43 Å². The van der Waals surface area contributed by atoms with Gasteiger partial charge in [0.1, 0.15) is 11.5 Å². The van der Waals surface area contributed by atoms with Crippen LogP contribution in [-0.2, 0) is 4.74 Å². The van der Waals surface area contributed by atoms with Gasteiger partial charge in [-0.3, -0.25) is 4.79 Å². The lowest BCUT2D eigenvalue weighted by Gasteiger charge is -2.04. The van der Waals surface area contributed by atoms with Gasteiger partial charge in [0.25, 0.3) is 0 Å². The number of methoxy groups -OCH3 is 1. The molecule has 4 nitrogen and oxygen atoms in total. The summed E-state index contributed by atoms with van der Waals surface area (Å²) in [5.74, 6) is -1.30. The Hall–Kier alpha value is -1.88. The summed E-state index contributed by atoms with van der Waals surface area (Å²) in [6, 6.07) is 3.16. The number of hydrogen-bond acceptors (Lipinski definition) is 3. The highest BCUT2D eigenvalue weighted by atomic mass is 35.5. The Labute approximate surface area is 100.0 Å². The fourth-order valence-electron chi connectivity index (χ4n) is 1.49. The van der Waals surface area contributed by atoms with Gasteiger partial charge < -0.3 is 9.72 Å². The highest BCUT2D eigenvalue weighted by molar-refractivity contribution is 6.35. The Morgan fingerprint density at radius 3 is 2.76 bits per heavy atom. The van der Waals surface area contributed by atoms with E-state index in [4.69, 9.17) is 11.6 Å². The molecule has 0 radical (unpaired) electrons. The van der Waals surface area contributed by atoms with Crippen molar-refractivity contribution in [1.82, 2.24) is 4.98 Å². The van der Waals surface area contributed by atoms with Crippen LogP contribution in [0.3, 0.4) is 0 Å². The van der Waals surface area contributed by atoms with Crippen LogP contribution in [0.15, 0.2) is 23.0 Å². The second kappa shape index (κ2) is 4.18. The molecule has 0 aliphatic heterocycles. The first-order valence-electron chi connectivity index (χ1n) is 4.63. The van der Waals surface area contributed by atoms with Crippen LogP contribution in [0, 0.1) is 5.82 Å². The first kappa shape index (κ1) is 11.6. The number of rotatable bonds is 1. The maximum Gasteiger partial charge on any atom is 0.354 e. The Balaban J connectivity index is 2.82. The number of H-pyrrole nitrogens is 1. The van der Waals surface area contributed by atoms with Gasteiger partial charge in [0, 0.05) is 11.5 Å². The van der Waals surface area contributed by atoms with Crippen molar-refractivity contribution in [3.63, 3.8) is 0 Å². The second-order valence-corrected chi connectivity index (χ2v) is 3.76. The first-order valence-corrected chi connectivity index (χ1v) is 5.01. The molecule has 0 aliphatic carbocycles. The van der Waals surface area contributed by atoms with E-state index in [9.17, 15) is 14.0 Å². The van der Waals surface area contributed by atoms with Crippen LogP contribution in [0.4, 0.5) is 4.39 Å². The zero-order chi connectivity index (χ0) is 12.6. The zero-order valence-corrected chi connectivity index (χ0v) is 9.47. The molecule has 0 bridgehead atoms. The summed E-state index contributed by atoms with van der Waals surface area (Å²) >= 11 is 5.79. The first-order chi connectivity index (χ1) is 8.02. The smallest absolute Gasteiger partial charge is 0.354 e. The van der Waals surface area contributed by atoms with Crippen molar-refractivity contribution in [2.24, 2.45) is 0 Å². The Kier molecular flexibility index (Phi) is 2.85. The highest BCUT2D eigenvalue weighted by Crippen LogP contribution is 2.21. The summed E-state index contributed by atoms with van der Waals surface area (Å²) in [5.41, 5.74) is -0.319. The van der Waals surface area contributed by atoms with E-state index in [-0.39, 0.29) is 21.6 Å². The molecule has 0 aliphatic rings. The lowest BCUT2D eigenvalue weighted by molar-refractivity contribution is 0.0594. The third-order valence-corrected chi connectivity index (χ3v) is 2.56. The van der Waals surface area contributed by atoms with E-state index in [2.05, 4.69) is 9.72 Å². The van der Waals surface area contributed by atoms with Gasteiger partial charge in [-0.25, -0.2) is 9.18 Å². The summed E-state index contributed by atoms with van der Waals surface area (Å²) in [6.07, 6.45) is 0. The van der Waals surface area contributed by atoms with Crippen LogP contribution < -0.4 is 5.43 Å². The van der Waals surface area contributed by atoms with Gasteiger partial charge in [-0.1, -0.05) is 11.6 Å². The molecule has 1 aromatic carbocycles. The molecule has 0 saturated carbocycles. The minimum absolute atomic E-state index is 0.0292. The molecule has 0 spiro atoms. The van der Waals surface area contributed by atoms with Crippen LogP contribution in [0.5, 0.6) is 0 Å². The number of aromatic amines is 1. The normalized spacial score (nSPS) is 10.5. The number of pyridine rings is 1.